The molecular formula is C19H22N2O6. The van der Waals surface area contributed by atoms with Crippen molar-refractivity contribution in [1.82, 2.24) is 10.2 Å². The predicted molar refractivity (Wildman–Crippen MR) is 93.9 cm³/mol. The van der Waals surface area contributed by atoms with Crippen molar-refractivity contribution in [3.05, 3.63) is 48.3 Å². The first-order valence-electron chi connectivity index (χ1n) is 8.87. The number of rotatable bonds is 6. The van der Waals surface area contributed by atoms with Gasteiger partial charge in [0.25, 0.3) is 11.8 Å². The molecule has 0 aliphatic carbocycles. The molecule has 0 bridgehead atoms. The molecule has 1 atom stereocenters. The molecule has 1 N–H and O–H groups in total. The normalized spacial score (nSPS) is 16.0. The third-order valence-corrected chi connectivity index (χ3v) is 4.53. The van der Waals surface area contributed by atoms with Crippen LogP contribution in [0.1, 0.15) is 40.5 Å². The summed E-state index contributed by atoms with van der Waals surface area (Å²) in [7, 11) is 0. The van der Waals surface area contributed by atoms with Crippen LogP contribution in [0.5, 0.6) is 0 Å². The fraction of sp³-hybridized carbons (Fsp3) is 0.421. The second-order valence-electron chi connectivity index (χ2n) is 6.55. The summed E-state index contributed by atoms with van der Waals surface area (Å²) in [5.74, 6) is -0.912. The van der Waals surface area contributed by atoms with E-state index in [0.29, 0.717) is 37.1 Å². The van der Waals surface area contributed by atoms with E-state index < -0.39 is 6.10 Å². The lowest BCUT2D eigenvalue weighted by atomic mass is 9.96. The molecule has 0 radical (unpaired) electrons. The first-order chi connectivity index (χ1) is 13.0. The number of carbonyl (C=O) groups is 3. The summed E-state index contributed by atoms with van der Waals surface area (Å²) in [6, 6.07) is 3.19. The lowest BCUT2D eigenvalue weighted by molar-refractivity contribution is -0.154. The van der Waals surface area contributed by atoms with Crippen LogP contribution in [0.15, 0.2) is 46.0 Å². The number of hydrogen-bond donors (Lipinski definition) is 1. The van der Waals surface area contributed by atoms with Gasteiger partial charge in [0.1, 0.15) is 18.6 Å². The smallest absolute Gasteiger partial charge is 0.309 e. The van der Waals surface area contributed by atoms with Gasteiger partial charge in [0.15, 0.2) is 0 Å². The number of amides is 2. The van der Waals surface area contributed by atoms with Crippen molar-refractivity contribution in [3.63, 3.8) is 0 Å². The van der Waals surface area contributed by atoms with Gasteiger partial charge in [-0.25, -0.2) is 0 Å². The number of furan rings is 2. The molecule has 8 nitrogen and oxygen atoms in total. The van der Waals surface area contributed by atoms with Crippen LogP contribution >= 0.6 is 0 Å². The third kappa shape index (κ3) is 4.78. The van der Waals surface area contributed by atoms with Crippen LogP contribution in [-0.2, 0) is 9.53 Å². The molecule has 144 valence electrons. The van der Waals surface area contributed by atoms with Gasteiger partial charge in [0.2, 0.25) is 0 Å². The van der Waals surface area contributed by atoms with Gasteiger partial charge in [-0.1, -0.05) is 0 Å². The van der Waals surface area contributed by atoms with Crippen LogP contribution in [0.4, 0.5) is 0 Å². The number of hydrogen-bond acceptors (Lipinski definition) is 6. The maximum absolute atomic E-state index is 12.3. The molecule has 27 heavy (non-hydrogen) atoms. The minimum atomic E-state index is -0.445. The molecule has 2 aromatic rings. The molecule has 3 rings (SSSR count). The summed E-state index contributed by atoms with van der Waals surface area (Å²) in [5, 5.41) is 2.69. The van der Waals surface area contributed by atoms with Gasteiger partial charge in [-0.2, -0.15) is 0 Å². The summed E-state index contributed by atoms with van der Waals surface area (Å²) in [5.41, 5.74) is 0.932. The molecule has 8 heteroatoms. The zero-order valence-electron chi connectivity index (χ0n) is 15.1. The van der Waals surface area contributed by atoms with Crippen LogP contribution in [0.2, 0.25) is 0 Å². The Morgan fingerprint density at radius 2 is 1.78 bits per heavy atom. The van der Waals surface area contributed by atoms with Crippen LogP contribution in [0.25, 0.3) is 0 Å². The zero-order chi connectivity index (χ0) is 19.2. The van der Waals surface area contributed by atoms with E-state index in [-0.39, 0.29) is 30.2 Å². The summed E-state index contributed by atoms with van der Waals surface area (Å²) in [6.07, 6.45) is 6.31. The molecule has 1 unspecified atom stereocenters. The Balaban J connectivity index is 1.40. The number of esters is 1. The Bertz CT molecular complexity index is 760. The highest BCUT2D eigenvalue weighted by Crippen LogP contribution is 2.21. The molecule has 2 aromatic heterocycles. The van der Waals surface area contributed by atoms with Crippen molar-refractivity contribution >= 4 is 17.8 Å². The van der Waals surface area contributed by atoms with E-state index in [0.717, 1.165) is 0 Å². The monoisotopic (exact) mass is 374 g/mol. The number of carbonyl (C=O) groups excluding carboxylic acids is 3. The van der Waals surface area contributed by atoms with E-state index in [9.17, 15) is 14.4 Å². The van der Waals surface area contributed by atoms with Gasteiger partial charge in [0.05, 0.1) is 36.1 Å². The molecule has 1 aliphatic heterocycles. The topological polar surface area (TPSA) is 102 Å². The van der Waals surface area contributed by atoms with Crippen molar-refractivity contribution in [2.24, 2.45) is 5.92 Å². The summed E-state index contributed by atoms with van der Waals surface area (Å²) in [4.78, 5) is 38.1. The highest BCUT2D eigenvalue weighted by atomic mass is 16.5. The van der Waals surface area contributed by atoms with Gasteiger partial charge < -0.3 is 23.8 Å². The summed E-state index contributed by atoms with van der Waals surface area (Å²) < 4.78 is 15.2. The van der Waals surface area contributed by atoms with Gasteiger partial charge in [0, 0.05) is 13.1 Å². The SMILES string of the molecule is CC(CNC(=O)c1ccoc1)OC(=O)C1CCN(C(=O)c2ccoc2)CC1. The first kappa shape index (κ1) is 18.8. The van der Waals surface area contributed by atoms with Crippen molar-refractivity contribution in [2.45, 2.75) is 25.9 Å². The van der Waals surface area contributed by atoms with Gasteiger partial charge in [-0.05, 0) is 31.9 Å². The highest BCUT2D eigenvalue weighted by molar-refractivity contribution is 5.94. The maximum atomic E-state index is 12.3. The number of nitrogens with one attached hydrogen (secondary N) is 1. The Morgan fingerprint density at radius 3 is 2.37 bits per heavy atom. The van der Waals surface area contributed by atoms with E-state index in [1.165, 1.54) is 25.1 Å². The standard InChI is InChI=1S/C19H22N2O6/c1-13(10-20-17(22)15-4-8-25-11-15)27-19(24)14-2-6-21(7-3-14)18(23)16-5-9-26-12-16/h4-5,8-9,11-14H,2-3,6-7,10H2,1H3,(H,20,22). The second kappa shape index (κ2) is 8.57. The Labute approximate surface area is 156 Å². The number of piperidine rings is 1. The lowest BCUT2D eigenvalue weighted by Crippen LogP contribution is -2.41. The number of likely N-dealkylation sites (tertiary alicyclic amines) is 1. The minimum absolute atomic E-state index is 0.0918. The van der Waals surface area contributed by atoms with E-state index >= 15 is 0 Å². The third-order valence-electron chi connectivity index (χ3n) is 4.53. The van der Waals surface area contributed by atoms with E-state index in [4.69, 9.17) is 13.6 Å². The maximum Gasteiger partial charge on any atom is 0.309 e. The van der Waals surface area contributed by atoms with Gasteiger partial charge in [-0.15, -0.1) is 0 Å². The molecule has 1 aliphatic rings. The van der Waals surface area contributed by atoms with Crippen molar-refractivity contribution < 1.29 is 28.0 Å². The Morgan fingerprint density at radius 1 is 1.15 bits per heavy atom. The van der Waals surface area contributed by atoms with E-state index in [1.807, 2.05) is 0 Å². The molecule has 2 amide bonds. The Hall–Kier alpha value is -3.03. The van der Waals surface area contributed by atoms with Crippen molar-refractivity contribution in [1.29, 1.82) is 0 Å². The molecule has 0 spiro atoms. The lowest BCUT2D eigenvalue weighted by Gasteiger charge is -2.31. The quantitative estimate of drug-likeness (QED) is 0.777. The fourth-order valence-corrected chi connectivity index (χ4v) is 2.96. The zero-order valence-corrected chi connectivity index (χ0v) is 15.1. The van der Waals surface area contributed by atoms with Crippen LogP contribution in [-0.4, -0.2) is 48.4 Å². The highest BCUT2D eigenvalue weighted by Gasteiger charge is 2.30. The fourth-order valence-electron chi connectivity index (χ4n) is 2.96. The average molecular weight is 374 g/mol. The van der Waals surface area contributed by atoms with E-state index in [1.54, 1.807) is 24.0 Å². The molecule has 3 heterocycles. The Kier molecular flexibility index (Phi) is 5.95. The van der Waals surface area contributed by atoms with Gasteiger partial charge >= 0.3 is 5.97 Å². The second-order valence-corrected chi connectivity index (χ2v) is 6.55. The summed E-state index contributed by atoms with van der Waals surface area (Å²) in [6.45, 7) is 2.93. The average Bonchev–Trinajstić information content (AvgIpc) is 3.39. The number of ether oxygens (including phenoxy) is 1. The minimum Gasteiger partial charge on any atom is -0.472 e. The first-order valence-corrected chi connectivity index (χ1v) is 8.87. The van der Waals surface area contributed by atoms with Crippen molar-refractivity contribution in [2.75, 3.05) is 19.6 Å². The molecular weight excluding hydrogens is 352 g/mol. The van der Waals surface area contributed by atoms with Crippen molar-refractivity contribution in [3.8, 4) is 0 Å². The number of nitrogens with zero attached hydrogens (tertiary/aromatic N) is 1. The molecule has 0 aromatic carbocycles. The van der Waals surface area contributed by atoms with Crippen LogP contribution in [0.3, 0.4) is 0 Å². The molecule has 1 fully saturated rings. The predicted octanol–water partition coefficient (Wildman–Crippen LogP) is 2.09. The largest absolute Gasteiger partial charge is 0.472 e. The van der Waals surface area contributed by atoms with E-state index in [2.05, 4.69) is 5.32 Å². The molecule has 0 saturated carbocycles. The summed E-state index contributed by atoms with van der Waals surface area (Å²) >= 11 is 0. The van der Waals surface area contributed by atoms with Crippen LogP contribution in [0, 0.1) is 5.92 Å². The van der Waals surface area contributed by atoms with Crippen LogP contribution < -0.4 is 5.32 Å². The molecule has 1 saturated heterocycles. The van der Waals surface area contributed by atoms with Gasteiger partial charge in [-0.3, -0.25) is 14.4 Å².